The molecule has 1 aromatic carbocycles. The second-order valence-electron chi connectivity index (χ2n) is 8.01. The van der Waals surface area contributed by atoms with Crippen LogP contribution in [-0.2, 0) is 22.7 Å². The number of benzene rings is 1. The minimum Gasteiger partial charge on any atom is -0.322 e. The van der Waals surface area contributed by atoms with E-state index in [1.807, 2.05) is 12.1 Å². The zero-order valence-electron chi connectivity index (χ0n) is 16.4. The summed E-state index contributed by atoms with van der Waals surface area (Å²) in [6, 6.07) is 6.09. The maximum atomic E-state index is 13.0. The third-order valence-corrected chi connectivity index (χ3v) is 6.07. The number of nitrogens with one attached hydrogen (secondary N) is 2. The average molecular weight is 384 g/mol. The van der Waals surface area contributed by atoms with Crippen LogP contribution < -0.4 is 10.6 Å². The minimum atomic E-state index is -0.553. The fourth-order valence-electron chi connectivity index (χ4n) is 4.56. The van der Waals surface area contributed by atoms with Crippen molar-refractivity contribution in [1.82, 2.24) is 20.4 Å². The van der Waals surface area contributed by atoms with Crippen molar-refractivity contribution in [3.63, 3.8) is 0 Å². The summed E-state index contributed by atoms with van der Waals surface area (Å²) >= 11 is 0. The van der Waals surface area contributed by atoms with Gasteiger partial charge in [-0.2, -0.15) is 0 Å². The van der Waals surface area contributed by atoms with E-state index >= 15 is 0 Å². The highest BCUT2D eigenvalue weighted by atomic mass is 16.2. The first kappa shape index (κ1) is 19.1. The van der Waals surface area contributed by atoms with Crippen molar-refractivity contribution >= 4 is 17.7 Å². The van der Waals surface area contributed by atoms with Crippen LogP contribution in [0.3, 0.4) is 0 Å². The van der Waals surface area contributed by atoms with Crippen molar-refractivity contribution in [1.29, 1.82) is 0 Å². The standard InChI is InChI=1S/C21H28N4O3/c1-2-3-16-11-22-8-9-24(16)12-14-4-5-15-13-25(21(28)17(15)10-14)18-6-7-19(26)23-20(18)27/h4-5,10,16,18,22H,2-3,6-9,11-13H2,1H3,(H,23,26,27). The summed E-state index contributed by atoms with van der Waals surface area (Å²) in [5, 5.41) is 5.82. The van der Waals surface area contributed by atoms with Gasteiger partial charge in [-0.25, -0.2) is 0 Å². The fraction of sp³-hybridized carbons (Fsp3) is 0.571. The molecule has 0 radical (unpaired) electrons. The molecule has 3 aliphatic rings. The first-order valence-electron chi connectivity index (χ1n) is 10.3. The molecule has 0 spiro atoms. The van der Waals surface area contributed by atoms with E-state index in [0.29, 0.717) is 24.6 Å². The molecule has 28 heavy (non-hydrogen) atoms. The zero-order valence-corrected chi connectivity index (χ0v) is 16.4. The Morgan fingerprint density at radius 2 is 2.07 bits per heavy atom. The Kier molecular flexibility index (Phi) is 5.46. The summed E-state index contributed by atoms with van der Waals surface area (Å²) in [5.74, 6) is -0.719. The monoisotopic (exact) mass is 384 g/mol. The van der Waals surface area contributed by atoms with Crippen molar-refractivity contribution < 1.29 is 14.4 Å². The highest BCUT2D eigenvalue weighted by Gasteiger charge is 2.39. The highest BCUT2D eigenvalue weighted by molar-refractivity contribution is 6.05. The molecule has 0 aliphatic carbocycles. The van der Waals surface area contributed by atoms with Gasteiger partial charge < -0.3 is 10.2 Å². The van der Waals surface area contributed by atoms with E-state index in [2.05, 4.69) is 28.5 Å². The number of hydrogen-bond donors (Lipinski definition) is 2. The smallest absolute Gasteiger partial charge is 0.255 e. The normalized spacial score (nSPS) is 25.8. The van der Waals surface area contributed by atoms with Gasteiger partial charge in [0.1, 0.15) is 6.04 Å². The van der Waals surface area contributed by atoms with Gasteiger partial charge in [0.25, 0.3) is 5.91 Å². The number of piperazine rings is 1. The molecule has 2 N–H and O–H groups in total. The molecule has 1 aromatic rings. The zero-order chi connectivity index (χ0) is 19.7. The van der Waals surface area contributed by atoms with Crippen molar-refractivity contribution in [2.24, 2.45) is 0 Å². The van der Waals surface area contributed by atoms with Gasteiger partial charge in [0.05, 0.1) is 0 Å². The Hall–Kier alpha value is -2.25. The summed E-state index contributed by atoms with van der Waals surface area (Å²) in [5.41, 5.74) is 2.80. The van der Waals surface area contributed by atoms with Gasteiger partial charge in [0.2, 0.25) is 11.8 Å². The van der Waals surface area contributed by atoms with Gasteiger partial charge in [-0.15, -0.1) is 0 Å². The van der Waals surface area contributed by atoms with E-state index in [1.54, 1.807) is 4.90 Å². The van der Waals surface area contributed by atoms with Crippen LogP contribution >= 0.6 is 0 Å². The van der Waals surface area contributed by atoms with Crippen LogP contribution in [0, 0.1) is 0 Å². The predicted molar refractivity (Wildman–Crippen MR) is 104 cm³/mol. The van der Waals surface area contributed by atoms with Gasteiger partial charge in [0.15, 0.2) is 0 Å². The number of nitrogens with zero attached hydrogens (tertiary/aromatic N) is 2. The van der Waals surface area contributed by atoms with E-state index in [1.165, 1.54) is 6.42 Å². The summed E-state index contributed by atoms with van der Waals surface area (Å²) in [6.45, 7) is 6.51. The van der Waals surface area contributed by atoms with Crippen LogP contribution in [0.4, 0.5) is 0 Å². The van der Waals surface area contributed by atoms with Gasteiger partial charge >= 0.3 is 0 Å². The molecule has 0 aromatic heterocycles. The van der Waals surface area contributed by atoms with Crippen molar-refractivity contribution in [2.75, 3.05) is 19.6 Å². The van der Waals surface area contributed by atoms with Crippen LogP contribution in [0.15, 0.2) is 18.2 Å². The molecule has 150 valence electrons. The van der Waals surface area contributed by atoms with Crippen LogP contribution in [0.2, 0.25) is 0 Å². The maximum Gasteiger partial charge on any atom is 0.255 e. The Morgan fingerprint density at radius 3 is 2.86 bits per heavy atom. The molecule has 3 aliphatic heterocycles. The highest BCUT2D eigenvalue weighted by Crippen LogP contribution is 2.28. The molecule has 7 heteroatoms. The molecule has 2 fully saturated rings. The molecular formula is C21H28N4O3. The molecule has 3 heterocycles. The van der Waals surface area contributed by atoms with Crippen molar-refractivity contribution in [3.05, 3.63) is 34.9 Å². The Bertz CT molecular complexity index is 792. The summed E-state index contributed by atoms with van der Waals surface area (Å²) in [4.78, 5) is 40.7. The van der Waals surface area contributed by atoms with E-state index in [-0.39, 0.29) is 24.1 Å². The lowest BCUT2D eigenvalue weighted by atomic mass is 10.0. The second-order valence-corrected chi connectivity index (χ2v) is 8.01. The number of hydrogen-bond acceptors (Lipinski definition) is 5. The van der Waals surface area contributed by atoms with Crippen LogP contribution in [0.1, 0.15) is 54.1 Å². The second kappa shape index (κ2) is 8.01. The molecule has 2 unspecified atom stereocenters. The molecule has 7 nitrogen and oxygen atoms in total. The number of fused-ring (bicyclic) bond motifs is 1. The lowest BCUT2D eigenvalue weighted by molar-refractivity contribution is -0.136. The first-order chi connectivity index (χ1) is 13.6. The van der Waals surface area contributed by atoms with E-state index in [9.17, 15) is 14.4 Å². The SMILES string of the molecule is CCCC1CNCCN1Cc1ccc2c(c1)C(=O)N(C1CCC(=O)NC1=O)C2. The van der Waals surface area contributed by atoms with Crippen LogP contribution in [0.5, 0.6) is 0 Å². The van der Waals surface area contributed by atoms with E-state index in [0.717, 1.165) is 43.7 Å². The number of amides is 3. The van der Waals surface area contributed by atoms with Gasteiger partial charge in [-0.05, 0) is 30.0 Å². The molecular weight excluding hydrogens is 356 g/mol. The Labute approximate surface area is 165 Å². The Balaban J connectivity index is 1.48. The Morgan fingerprint density at radius 1 is 1.21 bits per heavy atom. The molecule has 3 amide bonds. The quantitative estimate of drug-likeness (QED) is 0.741. The van der Waals surface area contributed by atoms with Gasteiger partial charge in [-0.1, -0.05) is 25.5 Å². The fourth-order valence-corrected chi connectivity index (χ4v) is 4.56. The number of imide groups is 1. The van der Waals surface area contributed by atoms with E-state index < -0.39 is 6.04 Å². The summed E-state index contributed by atoms with van der Waals surface area (Å²) < 4.78 is 0. The number of carbonyl (C=O) groups is 3. The summed E-state index contributed by atoms with van der Waals surface area (Å²) in [6.07, 6.45) is 3.01. The topological polar surface area (TPSA) is 81.8 Å². The van der Waals surface area contributed by atoms with Crippen molar-refractivity contribution in [2.45, 2.75) is 57.8 Å². The van der Waals surface area contributed by atoms with E-state index in [4.69, 9.17) is 0 Å². The number of carbonyl (C=O) groups excluding carboxylic acids is 3. The lowest BCUT2D eigenvalue weighted by Gasteiger charge is -2.36. The molecule has 2 saturated heterocycles. The van der Waals surface area contributed by atoms with Crippen LogP contribution in [0.25, 0.3) is 0 Å². The number of rotatable bonds is 5. The molecule has 2 atom stereocenters. The van der Waals surface area contributed by atoms with Crippen LogP contribution in [-0.4, -0.2) is 59.2 Å². The molecule has 0 saturated carbocycles. The summed E-state index contributed by atoms with van der Waals surface area (Å²) in [7, 11) is 0. The molecule has 4 rings (SSSR count). The number of piperidine rings is 1. The molecule has 0 bridgehead atoms. The predicted octanol–water partition coefficient (Wildman–Crippen LogP) is 1.02. The third kappa shape index (κ3) is 3.69. The van der Waals surface area contributed by atoms with Gasteiger partial charge in [-0.3, -0.25) is 24.6 Å². The van der Waals surface area contributed by atoms with Gasteiger partial charge in [0, 0.05) is 50.7 Å². The average Bonchev–Trinajstić information content (AvgIpc) is 3.00. The lowest BCUT2D eigenvalue weighted by Crippen LogP contribution is -2.52. The largest absolute Gasteiger partial charge is 0.322 e. The minimum absolute atomic E-state index is 0.100. The third-order valence-electron chi connectivity index (χ3n) is 6.07. The van der Waals surface area contributed by atoms with Crippen molar-refractivity contribution in [3.8, 4) is 0 Å². The maximum absolute atomic E-state index is 13.0. The first-order valence-corrected chi connectivity index (χ1v) is 10.3.